The van der Waals surface area contributed by atoms with Crippen LogP contribution in [0.2, 0.25) is 0 Å². The van der Waals surface area contributed by atoms with Crippen molar-refractivity contribution in [1.29, 1.82) is 0 Å². The van der Waals surface area contributed by atoms with Gasteiger partial charge in [0.2, 0.25) is 10.0 Å². The minimum Gasteiger partial charge on any atom is -0.477 e. The highest BCUT2D eigenvalue weighted by molar-refractivity contribution is 7.91. The van der Waals surface area contributed by atoms with Crippen molar-refractivity contribution in [1.82, 2.24) is 9.62 Å². The molecule has 0 aliphatic heterocycles. The maximum absolute atomic E-state index is 12.3. The molecule has 0 unspecified atom stereocenters. The van der Waals surface area contributed by atoms with Crippen LogP contribution in [0.25, 0.3) is 0 Å². The Balaban J connectivity index is 2.12. The Bertz CT molecular complexity index is 616. The molecule has 2 N–H and O–H groups in total. The molecule has 0 aromatic carbocycles. The normalized spacial score (nSPS) is 18.2. The number of carbonyl (C=O) groups is 1. The van der Waals surface area contributed by atoms with Gasteiger partial charge in [0.25, 0.3) is 0 Å². The zero-order chi connectivity index (χ0) is 15.7. The van der Waals surface area contributed by atoms with Crippen LogP contribution in [0, 0.1) is 0 Å². The molecule has 0 amide bonds. The molecule has 0 atom stereocenters. The largest absolute Gasteiger partial charge is 0.477 e. The molecule has 118 valence electrons. The van der Waals surface area contributed by atoms with Crippen LogP contribution in [0.4, 0.5) is 0 Å². The van der Waals surface area contributed by atoms with Crippen LogP contribution in [0.1, 0.15) is 35.4 Å². The van der Waals surface area contributed by atoms with Crippen molar-refractivity contribution in [2.24, 2.45) is 0 Å². The molecule has 1 aliphatic carbocycles. The van der Waals surface area contributed by atoms with Crippen LogP contribution in [-0.2, 0) is 10.0 Å². The first kappa shape index (κ1) is 16.4. The van der Waals surface area contributed by atoms with E-state index >= 15 is 0 Å². The smallest absolute Gasteiger partial charge is 0.345 e. The minimum atomic E-state index is -3.65. The molecule has 1 aliphatic rings. The lowest BCUT2D eigenvalue weighted by Gasteiger charge is -2.36. The van der Waals surface area contributed by atoms with Crippen LogP contribution in [0.5, 0.6) is 0 Å². The van der Waals surface area contributed by atoms with Crippen molar-refractivity contribution in [3.63, 3.8) is 0 Å². The van der Waals surface area contributed by atoms with E-state index in [2.05, 4.69) is 9.62 Å². The maximum Gasteiger partial charge on any atom is 0.345 e. The van der Waals surface area contributed by atoms with Gasteiger partial charge in [0.05, 0.1) is 0 Å². The third kappa shape index (κ3) is 3.45. The molecule has 8 heteroatoms. The van der Waals surface area contributed by atoms with Gasteiger partial charge in [-0.15, -0.1) is 11.3 Å². The first-order chi connectivity index (χ1) is 9.77. The molecule has 1 aromatic heterocycles. The van der Waals surface area contributed by atoms with Gasteiger partial charge in [-0.2, -0.15) is 0 Å². The van der Waals surface area contributed by atoms with E-state index in [4.69, 9.17) is 5.11 Å². The predicted molar refractivity (Wildman–Crippen MR) is 81.4 cm³/mol. The molecule has 1 fully saturated rings. The summed E-state index contributed by atoms with van der Waals surface area (Å²) in [7, 11) is 0.278. The Morgan fingerprint density at radius 1 is 1.38 bits per heavy atom. The number of rotatable bonds is 6. The van der Waals surface area contributed by atoms with E-state index in [1.807, 2.05) is 14.1 Å². The van der Waals surface area contributed by atoms with Crippen LogP contribution >= 0.6 is 11.3 Å². The highest BCUT2D eigenvalue weighted by Crippen LogP contribution is 2.33. The summed E-state index contributed by atoms with van der Waals surface area (Å²) < 4.78 is 27.2. The third-order valence-corrected chi connectivity index (χ3v) is 7.10. The number of carboxylic acid groups (broad SMARTS) is 1. The van der Waals surface area contributed by atoms with Crippen LogP contribution in [0.3, 0.4) is 0 Å². The van der Waals surface area contributed by atoms with Gasteiger partial charge in [-0.3, -0.25) is 0 Å². The summed E-state index contributed by atoms with van der Waals surface area (Å²) in [5.74, 6) is -1.11. The van der Waals surface area contributed by atoms with E-state index in [1.54, 1.807) is 0 Å². The number of sulfonamides is 1. The zero-order valence-electron chi connectivity index (χ0n) is 12.1. The van der Waals surface area contributed by atoms with Gasteiger partial charge in [-0.05, 0) is 39.1 Å². The van der Waals surface area contributed by atoms with E-state index in [0.29, 0.717) is 6.54 Å². The lowest BCUT2D eigenvalue weighted by atomic mass is 9.97. The summed E-state index contributed by atoms with van der Waals surface area (Å²) in [6.07, 6.45) is 4.13. The molecule has 0 saturated heterocycles. The standard InChI is InChI=1S/C13H20N2O4S2/c1-15(2)13(7-3-4-8-13)9-14-21(18,19)11-6-5-10(20-11)12(16)17/h5-6,14H,3-4,7-9H2,1-2H3,(H,16,17). The van der Waals surface area contributed by atoms with E-state index in [9.17, 15) is 13.2 Å². The van der Waals surface area contributed by atoms with Crippen molar-refractivity contribution in [2.45, 2.75) is 35.4 Å². The van der Waals surface area contributed by atoms with Crippen molar-refractivity contribution in [2.75, 3.05) is 20.6 Å². The molecule has 21 heavy (non-hydrogen) atoms. The summed E-state index contributed by atoms with van der Waals surface area (Å²) in [5.41, 5.74) is -0.139. The molecular weight excluding hydrogens is 312 g/mol. The monoisotopic (exact) mass is 332 g/mol. The highest BCUT2D eigenvalue weighted by atomic mass is 32.2. The number of hydrogen-bond donors (Lipinski definition) is 2. The number of thiophene rings is 1. The van der Waals surface area contributed by atoms with Crippen LogP contribution < -0.4 is 4.72 Å². The van der Waals surface area contributed by atoms with Crippen molar-refractivity contribution in [3.05, 3.63) is 17.0 Å². The van der Waals surface area contributed by atoms with Gasteiger partial charge in [0.1, 0.15) is 9.09 Å². The summed E-state index contributed by atoms with van der Waals surface area (Å²) in [6.45, 7) is 0.350. The lowest BCUT2D eigenvalue weighted by Crippen LogP contribution is -2.50. The molecule has 0 radical (unpaired) electrons. The van der Waals surface area contributed by atoms with Crippen LogP contribution in [-0.4, -0.2) is 50.6 Å². The van der Waals surface area contributed by atoms with E-state index in [-0.39, 0.29) is 14.6 Å². The van der Waals surface area contributed by atoms with E-state index in [1.165, 1.54) is 12.1 Å². The molecular formula is C13H20N2O4S2. The fourth-order valence-corrected chi connectivity index (χ4v) is 5.00. The topological polar surface area (TPSA) is 86.7 Å². The molecule has 6 nitrogen and oxygen atoms in total. The fraction of sp³-hybridized carbons (Fsp3) is 0.615. The molecule has 1 saturated carbocycles. The number of likely N-dealkylation sites (N-methyl/N-ethyl adjacent to an activating group) is 1. The quantitative estimate of drug-likeness (QED) is 0.826. The number of hydrogen-bond acceptors (Lipinski definition) is 5. The lowest BCUT2D eigenvalue weighted by molar-refractivity contribution is 0.0702. The molecule has 1 heterocycles. The van der Waals surface area contributed by atoms with Gasteiger partial charge >= 0.3 is 5.97 Å². The Labute approximate surface area is 128 Å². The number of carboxylic acids is 1. The average molecular weight is 332 g/mol. The Kier molecular flexibility index (Phi) is 4.72. The minimum absolute atomic E-state index is 0.0264. The second-order valence-electron chi connectivity index (χ2n) is 5.57. The molecule has 0 bridgehead atoms. The summed E-state index contributed by atoms with van der Waals surface area (Å²) in [6, 6.07) is 2.66. The maximum atomic E-state index is 12.3. The third-order valence-electron chi connectivity index (χ3n) is 4.13. The SMILES string of the molecule is CN(C)C1(CNS(=O)(=O)c2ccc(C(=O)O)s2)CCCC1. The van der Waals surface area contributed by atoms with E-state index in [0.717, 1.165) is 37.0 Å². The Hall–Kier alpha value is -0.960. The van der Waals surface area contributed by atoms with Gasteiger partial charge in [0.15, 0.2) is 0 Å². The first-order valence-electron chi connectivity index (χ1n) is 6.77. The Morgan fingerprint density at radius 3 is 2.48 bits per heavy atom. The predicted octanol–water partition coefficient (Wildman–Crippen LogP) is 1.60. The second kappa shape index (κ2) is 6.04. The van der Waals surface area contributed by atoms with Gasteiger partial charge in [-0.1, -0.05) is 12.8 Å². The zero-order valence-corrected chi connectivity index (χ0v) is 13.8. The van der Waals surface area contributed by atoms with Crippen molar-refractivity contribution >= 4 is 27.3 Å². The second-order valence-corrected chi connectivity index (χ2v) is 8.65. The van der Waals surface area contributed by atoms with Gasteiger partial charge in [0, 0.05) is 12.1 Å². The molecule has 2 rings (SSSR count). The number of nitrogens with one attached hydrogen (secondary N) is 1. The summed E-state index contributed by atoms with van der Waals surface area (Å²) in [4.78, 5) is 12.9. The molecule has 0 spiro atoms. The summed E-state index contributed by atoms with van der Waals surface area (Å²) in [5, 5.41) is 8.87. The van der Waals surface area contributed by atoms with Crippen molar-refractivity contribution < 1.29 is 18.3 Å². The molecule has 1 aromatic rings. The van der Waals surface area contributed by atoms with Gasteiger partial charge in [-0.25, -0.2) is 17.9 Å². The van der Waals surface area contributed by atoms with Gasteiger partial charge < -0.3 is 10.0 Å². The average Bonchev–Trinajstić information content (AvgIpc) is 3.07. The van der Waals surface area contributed by atoms with Crippen LogP contribution in [0.15, 0.2) is 16.3 Å². The highest BCUT2D eigenvalue weighted by Gasteiger charge is 2.37. The number of nitrogens with zero attached hydrogens (tertiary/aromatic N) is 1. The fourth-order valence-electron chi connectivity index (χ4n) is 2.70. The number of aromatic carboxylic acids is 1. The Morgan fingerprint density at radius 2 is 2.00 bits per heavy atom. The van der Waals surface area contributed by atoms with E-state index < -0.39 is 16.0 Å². The first-order valence-corrected chi connectivity index (χ1v) is 9.07. The summed E-state index contributed by atoms with van der Waals surface area (Å²) >= 11 is 0.774. The van der Waals surface area contributed by atoms with Crippen molar-refractivity contribution in [3.8, 4) is 0 Å².